The number of ether oxygens (including phenoxy) is 1. The van der Waals surface area contributed by atoms with Gasteiger partial charge in [0.25, 0.3) is 0 Å². The van der Waals surface area contributed by atoms with Crippen LogP contribution in [0.5, 0.6) is 0 Å². The Morgan fingerprint density at radius 2 is 2.07 bits per heavy atom. The average molecular weight is 417 g/mol. The van der Waals surface area contributed by atoms with Crippen LogP contribution in [0.1, 0.15) is 61.6 Å². The number of rotatable bonds is 4. The van der Waals surface area contributed by atoms with Gasteiger partial charge in [-0.3, -0.25) is 14.4 Å². The van der Waals surface area contributed by atoms with Gasteiger partial charge in [-0.05, 0) is 58.1 Å². The van der Waals surface area contributed by atoms with Crippen molar-refractivity contribution in [1.82, 2.24) is 14.8 Å². The predicted octanol–water partition coefficient (Wildman–Crippen LogP) is 3.79. The Morgan fingerprint density at radius 3 is 2.69 bits per heavy atom. The molecule has 3 heterocycles. The maximum absolute atomic E-state index is 12.4. The molecular formula is C21H25ClN4O3. The van der Waals surface area contributed by atoms with Gasteiger partial charge in [0.1, 0.15) is 5.60 Å². The van der Waals surface area contributed by atoms with Crippen molar-refractivity contribution in [2.45, 2.75) is 52.7 Å². The van der Waals surface area contributed by atoms with Crippen LogP contribution in [-0.4, -0.2) is 38.8 Å². The van der Waals surface area contributed by atoms with E-state index in [1.54, 1.807) is 22.0 Å². The van der Waals surface area contributed by atoms with Gasteiger partial charge >= 0.3 is 5.97 Å². The number of pyridine rings is 1. The summed E-state index contributed by atoms with van der Waals surface area (Å²) in [5.41, 5.74) is 1.56. The van der Waals surface area contributed by atoms with Gasteiger partial charge in [-0.1, -0.05) is 11.6 Å². The summed E-state index contributed by atoms with van der Waals surface area (Å²) in [5, 5.41) is 4.81. The lowest BCUT2D eigenvalue weighted by atomic mass is 10.1. The SMILES string of the molecule is Cc1c(C(C)n2cc(C(=O)OC(C)(C)C)cn2)cnc(N2C[C@H]3C[C@H]3C2=O)c1Cl. The Hall–Kier alpha value is -2.41. The van der Waals surface area contributed by atoms with Crippen molar-refractivity contribution < 1.29 is 14.3 Å². The van der Waals surface area contributed by atoms with Crippen LogP contribution in [0.2, 0.25) is 5.02 Å². The second-order valence-electron chi connectivity index (χ2n) is 8.91. The van der Waals surface area contributed by atoms with E-state index in [-0.39, 0.29) is 17.9 Å². The number of halogens is 1. The second-order valence-corrected chi connectivity index (χ2v) is 9.29. The lowest BCUT2D eigenvalue weighted by Gasteiger charge is -2.22. The van der Waals surface area contributed by atoms with Crippen molar-refractivity contribution in [3.8, 4) is 0 Å². The molecule has 1 amide bonds. The van der Waals surface area contributed by atoms with Crippen molar-refractivity contribution in [3.05, 3.63) is 40.3 Å². The number of anilines is 1. The molecule has 4 rings (SSSR count). The fourth-order valence-electron chi connectivity index (χ4n) is 3.79. The van der Waals surface area contributed by atoms with Crippen molar-refractivity contribution in [1.29, 1.82) is 0 Å². The Labute approximate surface area is 175 Å². The highest BCUT2D eigenvalue weighted by atomic mass is 35.5. The van der Waals surface area contributed by atoms with Crippen molar-refractivity contribution in [3.63, 3.8) is 0 Å². The van der Waals surface area contributed by atoms with E-state index < -0.39 is 11.6 Å². The molecule has 1 unspecified atom stereocenters. The first-order valence-electron chi connectivity index (χ1n) is 9.80. The Bertz CT molecular complexity index is 994. The first kappa shape index (κ1) is 19.9. The predicted molar refractivity (Wildman–Crippen MR) is 109 cm³/mol. The molecule has 1 aliphatic heterocycles. The highest BCUT2D eigenvalue weighted by Gasteiger charge is 2.53. The van der Waals surface area contributed by atoms with Crippen LogP contribution in [0, 0.1) is 18.8 Å². The zero-order chi connectivity index (χ0) is 21.1. The van der Waals surface area contributed by atoms with Crippen LogP contribution >= 0.6 is 11.6 Å². The molecule has 0 aromatic carbocycles. The van der Waals surface area contributed by atoms with Crippen LogP contribution in [0.3, 0.4) is 0 Å². The third-order valence-electron chi connectivity index (χ3n) is 5.55. The van der Waals surface area contributed by atoms with E-state index in [0.29, 0.717) is 28.9 Å². The molecule has 8 heteroatoms. The zero-order valence-electron chi connectivity index (χ0n) is 17.3. The number of carbonyl (C=O) groups excluding carboxylic acids is 2. The topological polar surface area (TPSA) is 77.3 Å². The quantitative estimate of drug-likeness (QED) is 0.708. The lowest BCUT2D eigenvalue weighted by Crippen LogP contribution is -2.29. The smallest absolute Gasteiger partial charge is 0.341 e. The summed E-state index contributed by atoms with van der Waals surface area (Å²) in [4.78, 5) is 30.9. The van der Waals surface area contributed by atoms with Crippen LogP contribution in [0.4, 0.5) is 5.82 Å². The molecule has 7 nitrogen and oxygen atoms in total. The Balaban J connectivity index is 1.56. The number of carbonyl (C=O) groups is 2. The maximum Gasteiger partial charge on any atom is 0.341 e. The minimum absolute atomic E-state index is 0.124. The number of hydrogen-bond donors (Lipinski definition) is 0. The largest absolute Gasteiger partial charge is 0.456 e. The molecule has 0 radical (unpaired) electrons. The van der Waals surface area contributed by atoms with Gasteiger partial charge in [-0.15, -0.1) is 0 Å². The summed E-state index contributed by atoms with van der Waals surface area (Å²) in [6.07, 6.45) is 5.89. The fourth-order valence-corrected chi connectivity index (χ4v) is 4.05. The fraction of sp³-hybridized carbons (Fsp3) is 0.524. The Kier molecular flexibility index (Phi) is 4.69. The van der Waals surface area contributed by atoms with Crippen LogP contribution in [0.15, 0.2) is 18.6 Å². The van der Waals surface area contributed by atoms with Crippen molar-refractivity contribution in [2.24, 2.45) is 11.8 Å². The van der Waals surface area contributed by atoms with E-state index in [9.17, 15) is 9.59 Å². The van der Waals surface area contributed by atoms with E-state index >= 15 is 0 Å². The molecule has 2 aromatic heterocycles. The molecule has 2 aromatic rings. The minimum atomic E-state index is -0.567. The summed E-state index contributed by atoms with van der Waals surface area (Å²) in [6, 6.07) is -0.187. The summed E-state index contributed by atoms with van der Waals surface area (Å²) in [6.45, 7) is 10.0. The number of piperidine rings is 1. The van der Waals surface area contributed by atoms with Crippen LogP contribution in [-0.2, 0) is 9.53 Å². The first-order chi connectivity index (χ1) is 13.6. The van der Waals surface area contributed by atoms with E-state index in [2.05, 4.69) is 10.1 Å². The molecule has 154 valence electrons. The van der Waals surface area contributed by atoms with Gasteiger partial charge in [0.05, 0.1) is 22.8 Å². The molecule has 29 heavy (non-hydrogen) atoms. The molecule has 3 atom stereocenters. The van der Waals surface area contributed by atoms with Gasteiger partial charge < -0.3 is 4.74 Å². The molecule has 0 bridgehead atoms. The van der Waals surface area contributed by atoms with E-state index in [1.807, 2.05) is 34.6 Å². The highest BCUT2D eigenvalue weighted by molar-refractivity contribution is 6.34. The molecule has 0 N–H and O–H groups in total. The molecule has 2 fully saturated rings. The maximum atomic E-state index is 12.4. The summed E-state index contributed by atoms with van der Waals surface area (Å²) in [7, 11) is 0. The summed E-state index contributed by atoms with van der Waals surface area (Å²) >= 11 is 6.61. The van der Waals surface area contributed by atoms with Crippen LogP contribution < -0.4 is 4.90 Å². The van der Waals surface area contributed by atoms with Gasteiger partial charge in [0.2, 0.25) is 5.91 Å². The van der Waals surface area contributed by atoms with Crippen molar-refractivity contribution >= 4 is 29.3 Å². The van der Waals surface area contributed by atoms with Gasteiger partial charge in [0, 0.05) is 24.9 Å². The minimum Gasteiger partial charge on any atom is -0.456 e. The van der Waals surface area contributed by atoms with E-state index in [4.69, 9.17) is 16.3 Å². The zero-order valence-corrected chi connectivity index (χ0v) is 18.0. The number of hydrogen-bond acceptors (Lipinski definition) is 5. The summed E-state index contributed by atoms with van der Waals surface area (Å²) in [5.74, 6) is 0.855. The van der Waals surface area contributed by atoms with Gasteiger partial charge in [-0.25, -0.2) is 9.78 Å². The number of nitrogens with zero attached hydrogens (tertiary/aromatic N) is 4. The standard InChI is InChI=1S/C21H25ClN4O3/c1-11-16(8-23-18(17(11)22)25-9-13-6-15(13)19(25)27)12(2)26-10-14(7-24-26)20(28)29-21(3,4)5/h7-8,10,12-13,15H,6,9H2,1-5H3/t12?,13-,15-/m1/s1. The Morgan fingerprint density at radius 1 is 1.34 bits per heavy atom. The third kappa shape index (κ3) is 3.64. The first-order valence-corrected chi connectivity index (χ1v) is 10.2. The molecule has 0 spiro atoms. The molecule has 2 aliphatic rings. The number of esters is 1. The van der Waals surface area contributed by atoms with E-state index in [1.165, 1.54) is 6.20 Å². The highest BCUT2D eigenvalue weighted by Crippen LogP contribution is 2.48. The molecular weight excluding hydrogens is 392 g/mol. The normalized spacial score (nSPS) is 21.9. The van der Waals surface area contributed by atoms with Crippen LogP contribution in [0.25, 0.3) is 0 Å². The lowest BCUT2D eigenvalue weighted by molar-refractivity contribution is -0.118. The molecule has 1 saturated carbocycles. The number of amides is 1. The molecule has 1 aliphatic carbocycles. The van der Waals surface area contributed by atoms with E-state index in [0.717, 1.165) is 17.5 Å². The van der Waals surface area contributed by atoms with Gasteiger partial charge in [0.15, 0.2) is 5.82 Å². The van der Waals surface area contributed by atoms with Gasteiger partial charge in [-0.2, -0.15) is 5.10 Å². The molecule has 1 saturated heterocycles. The summed E-state index contributed by atoms with van der Waals surface area (Å²) < 4.78 is 7.09. The van der Waals surface area contributed by atoms with Crippen molar-refractivity contribution in [2.75, 3.05) is 11.4 Å². The average Bonchev–Trinajstić information content (AvgIpc) is 3.09. The number of aromatic nitrogens is 3. The monoisotopic (exact) mass is 416 g/mol. The number of fused-ring (bicyclic) bond motifs is 1. The third-order valence-corrected chi connectivity index (χ3v) is 6.00. The second kappa shape index (κ2) is 6.83.